The molecule has 248 valence electrons. The lowest BCUT2D eigenvalue weighted by Crippen LogP contribution is -2.37. The number of nitrogens with one attached hydrogen (secondary N) is 2. The average molecular weight is 716 g/mol. The fraction of sp³-hybridized carbons (Fsp3) is 0.526. The SMILES string of the molecule is Cc1nn(C)c(C)c1CNC(=O)C1OC2C(COP(=O)(O)OP(=O)(O)OP(=O)(O)O)OC(n3cnc4c(=S)nc(N)[nH]c43)C2O1. The predicted molar refractivity (Wildman–Crippen MR) is 149 cm³/mol. The first-order valence-corrected chi connectivity index (χ1v) is 17.5. The molecule has 2 aliphatic rings. The van der Waals surface area contributed by atoms with E-state index in [4.69, 9.17) is 46.5 Å². The van der Waals surface area contributed by atoms with Crippen LogP contribution in [0.3, 0.4) is 0 Å². The van der Waals surface area contributed by atoms with E-state index in [-0.39, 0.29) is 28.3 Å². The van der Waals surface area contributed by atoms with Crippen LogP contribution in [0.1, 0.15) is 23.2 Å². The molecule has 7 atom stereocenters. The number of imidazole rings is 1. The molecule has 3 aromatic rings. The Bertz CT molecular complexity index is 1840. The first-order chi connectivity index (χ1) is 20.8. The van der Waals surface area contributed by atoms with Gasteiger partial charge in [0.2, 0.25) is 6.29 Å². The van der Waals surface area contributed by atoms with E-state index in [0.29, 0.717) is 5.69 Å². The minimum Gasteiger partial charge on any atom is -0.369 e. The summed E-state index contributed by atoms with van der Waals surface area (Å²) in [5, 5.41) is 7.02. The van der Waals surface area contributed by atoms with Crippen molar-refractivity contribution in [2.75, 3.05) is 12.3 Å². The highest BCUT2D eigenvalue weighted by atomic mass is 32.1. The van der Waals surface area contributed by atoms with E-state index in [1.807, 2.05) is 6.92 Å². The minimum atomic E-state index is -5.77. The number of nitrogens with zero attached hydrogens (tertiary/aromatic N) is 5. The van der Waals surface area contributed by atoms with Crippen molar-refractivity contribution in [3.63, 3.8) is 0 Å². The van der Waals surface area contributed by atoms with Gasteiger partial charge in [0.1, 0.15) is 29.5 Å². The van der Waals surface area contributed by atoms with Crippen molar-refractivity contribution in [3.05, 3.63) is 27.9 Å². The van der Waals surface area contributed by atoms with Crippen molar-refractivity contribution >= 4 is 58.7 Å². The summed E-state index contributed by atoms with van der Waals surface area (Å²) >= 11 is 5.21. The van der Waals surface area contributed by atoms with E-state index in [0.717, 1.165) is 11.3 Å². The number of hydrogen-bond donors (Lipinski definition) is 7. The largest absolute Gasteiger partial charge is 0.490 e. The quantitative estimate of drug-likeness (QED) is 0.102. The van der Waals surface area contributed by atoms with E-state index in [9.17, 15) is 28.3 Å². The highest BCUT2D eigenvalue weighted by Crippen LogP contribution is 2.66. The molecule has 0 aliphatic carbocycles. The molecule has 5 heterocycles. The predicted octanol–water partition coefficient (Wildman–Crippen LogP) is 0.0886. The molecule has 3 aromatic heterocycles. The van der Waals surface area contributed by atoms with E-state index in [1.165, 1.54) is 10.9 Å². The summed E-state index contributed by atoms with van der Waals surface area (Å²) in [6, 6.07) is 0. The van der Waals surface area contributed by atoms with Crippen LogP contribution in [-0.4, -0.2) is 86.0 Å². The number of nitrogen functional groups attached to an aromatic ring is 1. The second-order valence-corrected chi connectivity index (χ2v) is 14.6. The van der Waals surface area contributed by atoms with Crippen molar-refractivity contribution in [1.82, 2.24) is 34.6 Å². The van der Waals surface area contributed by atoms with Gasteiger partial charge in [0.15, 0.2) is 16.8 Å². The number of anilines is 1. The molecule has 26 heteroatoms. The van der Waals surface area contributed by atoms with Gasteiger partial charge in [-0.05, 0) is 13.8 Å². The molecule has 0 saturated carbocycles. The summed E-state index contributed by atoms with van der Waals surface area (Å²) in [5.74, 6) is -0.712. The number of nitrogens with two attached hydrogens (primary N) is 1. The van der Waals surface area contributed by atoms with Crippen molar-refractivity contribution in [2.24, 2.45) is 7.05 Å². The second-order valence-electron chi connectivity index (χ2n) is 9.75. The van der Waals surface area contributed by atoms with Gasteiger partial charge in [-0.1, -0.05) is 12.2 Å². The summed E-state index contributed by atoms with van der Waals surface area (Å²) in [6.07, 6.45) is -4.84. The Morgan fingerprint density at radius 2 is 1.82 bits per heavy atom. The fourth-order valence-electron chi connectivity index (χ4n) is 4.77. The van der Waals surface area contributed by atoms with Gasteiger partial charge >= 0.3 is 23.5 Å². The number of aryl methyl sites for hydroxylation is 2. The fourth-order valence-corrected chi connectivity index (χ4v) is 8.04. The summed E-state index contributed by atoms with van der Waals surface area (Å²) in [5.41, 5.74) is 8.63. The maximum absolute atomic E-state index is 13.1. The topological polar surface area (TPSA) is 307 Å². The molecule has 0 bridgehead atoms. The van der Waals surface area contributed by atoms with Crippen LogP contribution in [0.25, 0.3) is 11.2 Å². The minimum absolute atomic E-state index is 0.0464. The smallest absolute Gasteiger partial charge is 0.369 e. The van der Waals surface area contributed by atoms with Gasteiger partial charge in [-0.2, -0.15) is 13.7 Å². The lowest BCUT2D eigenvalue weighted by molar-refractivity contribution is -0.171. The highest BCUT2D eigenvalue weighted by Gasteiger charge is 2.56. The molecule has 2 aliphatic heterocycles. The number of carbonyl (C=O) groups is 1. The van der Waals surface area contributed by atoms with Crippen LogP contribution in [-0.2, 0) is 59.4 Å². The lowest BCUT2D eigenvalue weighted by Gasteiger charge is -2.22. The third-order valence-corrected chi connectivity index (χ3v) is 10.8. The molecule has 22 nitrogen and oxygen atoms in total. The van der Waals surface area contributed by atoms with Gasteiger partial charge in [0, 0.05) is 24.8 Å². The van der Waals surface area contributed by atoms with E-state index in [2.05, 4.69) is 34.0 Å². The molecular weight excluding hydrogens is 689 g/mol. The maximum atomic E-state index is 13.1. The van der Waals surface area contributed by atoms with Crippen LogP contribution < -0.4 is 11.1 Å². The Morgan fingerprint density at radius 3 is 2.47 bits per heavy atom. The molecule has 0 radical (unpaired) electrons. The number of ether oxygens (including phenoxy) is 3. The first-order valence-electron chi connectivity index (χ1n) is 12.6. The normalized spacial score (nSPS) is 26.1. The monoisotopic (exact) mass is 716 g/mol. The van der Waals surface area contributed by atoms with Crippen molar-refractivity contribution in [2.45, 2.75) is 51.2 Å². The zero-order valence-electron chi connectivity index (χ0n) is 23.3. The number of hydrogen-bond acceptors (Lipinski definition) is 15. The highest BCUT2D eigenvalue weighted by molar-refractivity contribution is 7.71. The number of phosphoric acid groups is 3. The lowest BCUT2D eigenvalue weighted by atomic mass is 10.1. The first kappa shape index (κ1) is 33.9. The number of carbonyl (C=O) groups excluding carboxylic acids is 1. The number of aromatic amines is 1. The van der Waals surface area contributed by atoms with Crippen molar-refractivity contribution < 1.29 is 65.4 Å². The molecule has 5 rings (SSSR count). The summed E-state index contributed by atoms with van der Waals surface area (Å²) < 4.78 is 68.1. The van der Waals surface area contributed by atoms with Gasteiger partial charge in [0.25, 0.3) is 5.91 Å². The van der Waals surface area contributed by atoms with Gasteiger partial charge in [-0.15, -0.1) is 0 Å². The van der Waals surface area contributed by atoms with Gasteiger partial charge in [0.05, 0.1) is 18.6 Å². The maximum Gasteiger partial charge on any atom is 0.490 e. The average Bonchev–Trinajstić information content (AvgIpc) is 3.63. The number of rotatable bonds is 11. The molecule has 1 amide bonds. The molecule has 8 N–H and O–H groups in total. The Labute approximate surface area is 257 Å². The molecule has 7 unspecified atom stereocenters. The Kier molecular flexibility index (Phi) is 9.25. The van der Waals surface area contributed by atoms with E-state index >= 15 is 0 Å². The summed E-state index contributed by atoms with van der Waals surface area (Å²) in [4.78, 5) is 60.9. The summed E-state index contributed by atoms with van der Waals surface area (Å²) in [6.45, 7) is 2.85. The zero-order chi connectivity index (χ0) is 33.1. The van der Waals surface area contributed by atoms with E-state index in [1.54, 1.807) is 18.7 Å². The molecule has 0 aromatic carbocycles. The molecule has 2 fully saturated rings. The van der Waals surface area contributed by atoms with Crippen LogP contribution in [0.2, 0.25) is 0 Å². The van der Waals surface area contributed by atoms with Crippen LogP contribution in [0.4, 0.5) is 5.95 Å². The van der Waals surface area contributed by atoms with Crippen molar-refractivity contribution in [3.8, 4) is 0 Å². The molecule has 0 spiro atoms. The third-order valence-electron chi connectivity index (χ3n) is 6.72. The van der Waals surface area contributed by atoms with Crippen LogP contribution in [0.5, 0.6) is 0 Å². The van der Waals surface area contributed by atoms with Crippen molar-refractivity contribution in [1.29, 1.82) is 0 Å². The number of fused-ring (bicyclic) bond motifs is 2. The Balaban J connectivity index is 1.36. The standard InChI is InChI=1S/C19H27N8O14P3S/c1-7-9(8(2)26(3)25-7)4-21-15(28)18-38-12-10(5-36-43(32,33)41-44(34,35)40-42(29,30)31)37-17(13(12)39-18)27-6-22-11-14(27)23-19(20)24-16(11)45/h6,10,12-13,17-18H,4-5H2,1-3H3,(H,21,28)(H,32,33)(H,34,35)(H2,29,30,31)(H3,20,23,24,45). The molecule has 45 heavy (non-hydrogen) atoms. The van der Waals surface area contributed by atoms with Gasteiger partial charge in [-0.25, -0.2) is 23.7 Å². The Hall–Kier alpha value is -2.46. The zero-order valence-corrected chi connectivity index (χ0v) is 26.8. The number of amides is 1. The number of aromatic nitrogens is 6. The number of H-pyrrole nitrogens is 1. The third kappa shape index (κ3) is 7.42. The second kappa shape index (κ2) is 12.3. The number of phosphoric ester groups is 1. The van der Waals surface area contributed by atoms with Crippen LogP contribution in [0.15, 0.2) is 6.33 Å². The molecule has 2 saturated heterocycles. The molecular formula is C19H27N8O14P3S. The Morgan fingerprint density at radius 1 is 1.13 bits per heavy atom. The van der Waals surface area contributed by atoms with Gasteiger partial charge < -0.3 is 49.8 Å². The van der Waals surface area contributed by atoms with Crippen LogP contribution in [0, 0.1) is 18.5 Å². The van der Waals surface area contributed by atoms with Crippen LogP contribution >= 0.6 is 35.7 Å². The summed E-state index contributed by atoms with van der Waals surface area (Å²) in [7, 11) is -15.1. The van der Waals surface area contributed by atoms with Gasteiger partial charge in [-0.3, -0.25) is 18.6 Å². The van der Waals surface area contributed by atoms with E-state index < -0.39 is 66.8 Å².